The van der Waals surface area contributed by atoms with Crippen LogP contribution in [-0.2, 0) is 25.6 Å². The van der Waals surface area contributed by atoms with Crippen LogP contribution in [0, 0.1) is 5.92 Å². The lowest BCUT2D eigenvalue weighted by molar-refractivity contribution is -0.152. The second kappa shape index (κ2) is 14.2. The number of amides is 3. The minimum absolute atomic E-state index is 0.155. The van der Waals surface area contributed by atoms with Crippen molar-refractivity contribution in [3.8, 4) is 22.4 Å². The fraction of sp³-hybridized carbons (Fsp3) is 0.286. The number of aromatic nitrogens is 2. The molecule has 3 amide bonds. The molecule has 52 heavy (non-hydrogen) atoms. The van der Waals surface area contributed by atoms with Gasteiger partial charge in [-0.2, -0.15) is 0 Å². The number of benzene rings is 4. The first-order chi connectivity index (χ1) is 25.0. The highest BCUT2D eigenvalue weighted by molar-refractivity contribution is 5.94. The fourth-order valence-corrected chi connectivity index (χ4v) is 7.30. The number of nitrogens with zero attached hydrogens (tertiary/aromatic N) is 3. The number of aliphatic hydroxyl groups is 2. The van der Waals surface area contributed by atoms with Crippen molar-refractivity contribution in [2.24, 2.45) is 5.92 Å². The Morgan fingerprint density at radius 1 is 0.731 bits per heavy atom. The van der Waals surface area contributed by atoms with Crippen molar-refractivity contribution in [2.45, 2.75) is 50.4 Å². The van der Waals surface area contributed by atoms with Gasteiger partial charge in [0.1, 0.15) is 5.82 Å². The molecule has 2 aliphatic rings. The van der Waals surface area contributed by atoms with Gasteiger partial charge in [0, 0.05) is 25.3 Å². The van der Waals surface area contributed by atoms with Crippen molar-refractivity contribution >= 4 is 23.4 Å². The van der Waals surface area contributed by atoms with Gasteiger partial charge >= 0.3 is 0 Å². The Morgan fingerprint density at radius 2 is 1.29 bits per heavy atom. The maximum atomic E-state index is 13.5. The van der Waals surface area contributed by atoms with Crippen LogP contribution in [0.15, 0.2) is 115 Å². The van der Waals surface area contributed by atoms with Crippen molar-refractivity contribution < 1.29 is 24.6 Å². The average molecular weight is 698 g/mol. The lowest BCUT2D eigenvalue weighted by Gasteiger charge is -2.31. The van der Waals surface area contributed by atoms with Crippen LogP contribution >= 0.6 is 0 Å². The standard InChI is InChI=1S/C42H43N5O5/c1-41(51,32-10-5-3-6-11-32)39(49)46-25-23-31(27-46)38(48)44-34-21-19-29(20-22-34)28-15-17-30(18-16-28)35-26-43-37(45-35)36-14-9-24-47(36)40(50)42(2,52)33-12-7-4-8-13-33/h3-8,10-13,15-22,26,31,36,51-52H,9,14,23-25,27H2,1-2H3,(H,43,45)(H,44,48)/t31-,36+,41-,42-/m1/s1. The van der Waals surface area contributed by atoms with E-state index in [0.29, 0.717) is 42.1 Å². The highest BCUT2D eigenvalue weighted by atomic mass is 16.3. The van der Waals surface area contributed by atoms with Crippen molar-refractivity contribution in [3.63, 3.8) is 0 Å². The Balaban J connectivity index is 0.954. The first-order valence-electron chi connectivity index (χ1n) is 17.8. The van der Waals surface area contributed by atoms with E-state index in [2.05, 4.69) is 15.3 Å². The van der Waals surface area contributed by atoms with Gasteiger partial charge in [-0.15, -0.1) is 0 Å². The predicted molar refractivity (Wildman–Crippen MR) is 198 cm³/mol. The second-order valence-corrected chi connectivity index (χ2v) is 14.1. The summed E-state index contributed by atoms with van der Waals surface area (Å²) >= 11 is 0. The van der Waals surface area contributed by atoms with Crippen LogP contribution in [-0.4, -0.2) is 67.3 Å². The molecule has 0 aliphatic carbocycles. The summed E-state index contributed by atoms with van der Waals surface area (Å²) in [4.78, 5) is 51.2. The van der Waals surface area contributed by atoms with E-state index < -0.39 is 17.1 Å². The van der Waals surface area contributed by atoms with Gasteiger partial charge in [0.25, 0.3) is 11.8 Å². The molecule has 10 nitrogen and oxygen atoms in total. The number of aromatic amines is 1. The first kappa shape index (κ1) is 34.9. The number of likely N-dealkylation sites (tertiary alicyclic amines) is 2. The first-order valence-corrected chi connectivity index (χ1v) is 17.8. The SMILES string of the molecule is C[C@](O)(C(=O)N1CC[C@@H](C(=O)Nc2ccc(-c3ccc(-c4cnc([C@@H]5CCCN5C(=O)[C@](C)(O)c5ccccc5)[nH]4)cc3)cc2)C1)c1ccccc1. The summed E-state index contributed by atoms with van der Waals surface area (Å²) in [5.74, 6) is -0.564. The van der Waals surface area contributed by atoms with E-state index in [-0.39, 0.29) is 30.3 Å². The monoisotopic (exact) mass is 697 g/mol. The molecule has 0 spiro atoms. The molecule has 2 aliphatic heterocycles. The van der Waals surface area contributed by atoms with Crippen LogP contribution in [0.25, 0.3) is 22.4 Å². The molecule has 4 N–H and O–H groups in total. The van der Waals surface area contributed by atoms with Gasteiger partial charge in [0.2, 0.25) is 5.91 Å². The smallest absolute Gasteiger partial charge is 0.259 e. The van der Waals surface area contributed by atoms with E-state index >= 15 is 0 Å². The van der Waals surface area contributed by atoms with Gasteiger partial charge in [-0.05, 0) is 73.1 Å². The van der Waals surface area contributed by atoms with Crippen molar-refractivity contribution in [1.29, 1.82) is 0 Å². The molecule has 4 atom stereocenters. The maximum absolute atomic E-state index is 13.5. The number of anilines is 1. The molecule has 1 aromatic heterocycles. The number of hydrogen-bond acceptors (Lipinski definition) is 6. The van der Waals surface area contributed by atoms with Crippen LogP contribution < -0.4 is 5.32 Å². The Morgan fingerprint density at radius 3 is 1.90 bits per heavy atom. The molecule has 3 heterocycles. The molecule has 4 aromatic carbocycles. The zero-order valence-corrected chi connectivity index (χ0v) is 29.3. The normalized spacial score (nSPS) is 19.5. The fourth-order valence-electron chi connectivity index (χ4n) is 7.30. The third-order valence-electron chi connectivity index (χ3n) is 10.5. The summed E-state index contributed by atoms with van der Waals surface area (Å²) in [6.07, 6.45) is 3.89. The van der Waals surface area contributed by atoms with E-state index in [4.69, 9.17) is 0 Å². The van der Waals surface area contributed by atoms with Crippen LogP contribution in [0.1, 0.15) is 56.1 Å². The van der Waals surface area contributed by atoms with Crippen molar-refractivity contribution in [3.05, 3.63) is 132 Å². The zero-order valence-electron chi connectivity index (χ0n) is 29.3. The van der Waals surface area contributed by atoms with Crippen LogP contribution in [0.5, 0.6) is 0 Å². The van der Waals surface area contributed by atoms with Gasteiger partial charge in [-0.1, -0.05) is 97.1 Å². The number of hydrogen-bond donors (Lipinski definition) is 4. The molecule has 5 aromatic rings. The number of carbonyl (C=O) groups excluding carboxylic acids is 3. The van der Waals surface area contributed by atoms with E-state index in [0.717, 1.165) is 35.2 Å². The molecule has 0 unspecified atom stereocenters. The minimum atomic E-state index is -1.66. The second-order valence-electron chi connectivity index (χ2n) is 14.1. The Bertz CT molecular complexity index is 2040. The summed E-state index contributed by atoms with van der Waals surface area (Å²) in [6.45, 7) is 4.26. The molecule has 266 valence electrons. The summed E-state index contributed by atoms with van der Waals surface area (Å²) in [5.41, 5.74) is 2.24. The van der Waals surface area contributed by atoms with E-state index in [9.17, 15) is 24.6 Å². The van der Waals surface area contributed by atoms with Gasteiger partial charge in [-0.3, -0.25) is 14.4 Å². The van der Waals surface area contributed by atoms with Gasteiger partial charge in [-0.25, -0.2) is 4.98 Å². The van der Waals surface area contributed by atoms with Crippen LogP contribution in [0.2, 0.25) is 0 Å². The minimum Gasteiger partial charge on any atom is -0.376 e. The van der Waals surface area contributed by atoms with Crippen LogP contribution in [0.4, 0.5) is 5.69 Å². The summed E-state index contributed by atoms with van der Waals surface area (Å²) in [6, 6.07) is 33.3. The summed E-state index contributed by atoms with van der Waals surface area (Å²) in [7, 11) is 0. The molecule has 2 fully saturated rings. The Kier molecular flexibility index (Phi) is 9.52. The number of H-pyrrole nitrogens is 1. The third kappa shape index (κ3) is 6.87. The molecule has 0 saturated carbocycles. The molecular weight excluding hydrogens is 654 g/mol. The summed E-state index contributed by atoms with van der Waals surface area (Å²) < 4.78 is 0. The lowest BCUT2D eigenvalue weighted by atomic mass is 9.94. The molecule has 2 saturated heterocycles. The Hall–Kier alpha value is -5.58. The molecule has 0 bridgehead atoms. The molecule has 0 radical (unpaired) electrons. The largest absolute Gasteiger partial charge is 0.376 e. The van der Waals surface area contributed by atoms with Gasteiger partial charge in [0.15, 0.2) is 11.2 Å². The highest BCUT2D eigenvalue weighted by Crippen LogP contribution is 2.36. The number of carbonyl (C=O) groups is 3. The van der Waals surface area contributed by atoms with E-state index in [1.807, 2.05) is 72.8 Å². The summed E-state index contributed by atoms with van der Waals surface area (Å²) in [5, 5.41) is 25.2. The maximum Gasteiger partial charge on any atom is 0.259 e. The number of imidazole rings is 1. The molecule has 10 heteroatoms. The molecular formula is C42H43N5O5. The predicted octanol–water partition coefficient (Wildman–Crippen LogP) is 6.01. The number of nitrogens with one attached hydrogen (secondary N) is 2. The third-order valence-corrected chi connectivity index (χ3v) is 10.5. The van der Waals surface area contributed by atoms with Crippen molar-refractivity contribution in [1.82, 2.24) is 19.8 Å². The van der Waals surface area contributed by atoms with Gasteiger partial charge < -0.3 is 30.3 Å². The van der Waals surface area contributed by atoms with Crippen LogP contribution in [0.3, 0.4) is 0 Å². The molecule has 7 rings (SSSR count). The lowest BCUT2D eigenvalue weighted by Crippen LogP contribution is -2.45. The van der Waals surface area contributed by atoms with E-state index in [1.165, 1.54) is 6.92 Å². The Labute approximate surface area is 303 Å². The topological polar surface area (TPSA) is 139 Å². The highest BCUT2D eigenvalue weighted by Gasteiger charge is 2.42. The zero-order chi connectivity index (χ0) is 36.5. The quantitative estimate of drug-likeness (QED) is 0.149. The van der Waals surface area contributed by atoms with Crippen molar-refractivity contribution in [2.75, 3.05) is 25.0 Å². The average Bonchev–Trinajstić information content (AvgIpc) is 3.97. The van der Waals surface area contributed by atoms with Gasteiger partial charge in [0.05, 0.1) is 23.9 Å². The number of rotatable bonds is 9. The van der Waals surface area contributed by atoms with E-state index in [1.54, 1.807) is 59.3 Å².